The number of benzene rings is 2. The van der Waals surface area contributed by atoms with Gasteiger partial charge in [0.15, 0.2) is 8.32 Å². The molecular formula is C29H42O4Si. The topological polar surface area (TPSA) is 47.9 Å². The van der Waals surface area contributed by atoms with E-state index < -0.39 is 20.5 Å². The first kappa shape index (κ1) is 28.2. The summed E-state index contributed by atoms with van der Waals surface area (Å²) in [5.74, 6) is -0.163. The Hall–Kier alpha value is -2.02. The molecule has 0 heterocycles. The fourth-order valence-electron chi connectivity index (χ4n) is 3.23. The van der Waals surface area contributed by atoms with Gasteiger partial charge in [0, 0.05) is 5.92 Å². The van der Waals surface area contributed by atoms with Gasteiger partial charge in [0.2, 0.25) is 0 Å². The summed E-state index contributed by atoms with van der Waals surface area (Å²) < 4.78 is 18.6. The zero-order valence-corrected chi connectivity index (χ0v) is 22.4. The normalized spacial score (nSPS) is 15.2. The first-order valence-electron chi connectivity index (χ1n) is 12.0. The standard InChI is InChI=1S/C29H42O4Si/c1-7-27(30)28(32-22-25-17-12-9-13-18-25)26(23-31-21-24-15-10-8-11-16-24)19-14-20-33-34(5,6)29(2,3)4/h7-19,26-28,30H,1,20-23H2,2-6H3/b19-14+/t26-,27?,28-/m0/s1. The molecule has 0 aliphatic heterocycles. The Bertz CT molecular complexity index is 859. The van der Waals surface area contributed by atoms with E-state index in [1.807, 2.05) is 66.7 Å². The van der Waals surface area contributed by atoms with E-state index in [2.05, 4.69) is 46.5 Å². The summed E-state index contributed by atoms with van der Waals surface area (Å²) in [7, 11) is -1.84. The molecule has 0 aliphatic rings. The van der Waals surface area contributed by atoms with Crippen molar-refractivity contribution in [1.29, 1.82) is 0 Å². The van der Waals surface area contributed by atoms with Crippen molar-refractivity contribution in [3.63, 3.8) is 0 Å². The quantitative estimate of drug-likeness (QED) is 0.246. The highest BCUT2D eigenvalue weighted by atomic mass is 28.4. The molecule has 0 amide bonds. The Morgan fingerprint density at radius 1 is 0.941 bits per heavy atom. The molecule has 0 saturated heterocycles. The average molecular weight is 483 g/mol. The second-order valence-electron chi connectivity index (χ2n) is 10.2. The van der Waals surface area contributed by atoms with Crippen LogP contribution in [0.2, 0.25) is 18.1 Å². The highest BCUT2D eigenvalue weighted by Crippen LogP contribution is 2.36. The van der Waals surface area contributed by atoms with Crippen LogP contribution in [0.5, 0.6) is 0 Å². The summed E-state index contributed by atoms with van der Waals surface area (Å²) in [5, 5.41) is 10.9. The van der Waals surface area contributed by atoms with E-state index in [0.29, 0.717) is 26.4 Å². The van der Waals surface area contributed by atoms with Gasteiger partial charge in [-0.05, 0) is 29.3 Å². The van der Waals surface area contributed by atoms with Crippen LogP contribution in [0.1, 0.15) is 31.9 Å². The molecule has 1 N–H and O–H groups in total. The fourth-order valence-corrected chi connectivity index (χ4v) is 4.17. The number of ether oxygens (including phenoxy) is 2. The average Bonchev–Trinajstić information content (AvgIpc) is 2.81. The Morgan fingerprint density at radius 3 is 2.03 bits per heavy atom. The zero-order valence-electron chi connectivity index (χ0n) is 21.4. The Labute approximate surface area is 207 Å². The third-order valence-electron chi connectivity index (χ3n) is 6.44. The Balaban J connectivity index is 2.11. The second kappa shape index (κ2) is 13.8. The van der Waals surface area contributed by atoms with Crippen molar-refractivity contribution in [2.75, 3.05) is 13.2 Å². The van der Waals surface area contributed by atoms with Crippen LogP contribution < -0.4 is 0 Å². The molecule has 4 nitrogen and oxygen atoms in total. The summed E-state index contributed by atoms with van der Waals surface area (Å²) in [6, 6.07) is 20.0. The maximum absolute atomic E-state index is 10.7. The van der Waals surface area contributed by atoms with Crippen LogP contribution in [0.25, 0.3) is 0 Å². The minimum Gasteiger partial charge on any atom is -0.413 e. The zero-order chi connectivity index (χ0) is 25.0. The molecule has 3 atom stereocenters. The number of aliphatic hydroxyl groups is 1. The SMILES string of the molecule is C=CC(O)[C@@H](OCc1ccccc1)[C@@H](/C=C/CO[Si](C)(C)C(C)(C)C)COCc1ccccc1. The minimum atomic E-state index is -1.84. The molecule has 2 aromatic rings. The number of aliphatic hydroxyl groups excluding tert-OH is 1. The molecule has 186 valence electrons. The van der Waals surface area contributed by atoms with Gasteiger partial charge in [0.25, 0.3) is 0 Å². The van der Waals surface area contributed by atoms with Gasteiger partial charge in [-0.2, -0.15) is 0 Å². The molecule has 0 saturated carbocycles. The van der Waals surface area contributed by atoms with Gasteiger partial charge in [-0.15, -0.1) is 6.58 Å². The van der Waals surface area contributed by atoms with Gasteiger partial charge in [0.1, 0.15) is 0 Å². The second-order valence-corrected chi connectivity index (χ2v) is 15.0. The lowest BCUT2D eigenvalue weighted by Gasteiger charge is -2.35. The number of hydrogen-bond donors (Lipinski definition) is 1. The molecule has 0 bridgehead atoms. The predicted molar refractivity (Wildman–Crippen MR) is 143 cm³/mol. The summed E-state index contributed by atoms with van der Waals surface area (Å²) in [6.45, 7) is 16.8. The molecule has 0 spiro atoms. The van der Waals surface area contributed by atoms with E-state index in [-0.39, 0.29) is 11.0 Å². The third-order valence-corrected chi connectivity index (χ3v) is 10.9. The van der Waals surface area contributed by atoms with E-state index in [9.17, 15) is 5.11 Å². The van der Waals surface area contributed by atoms with E-state index in [1.165, 1.54) is 6.08 Å². The predicted octanol–water partition coefficient (Wildman–Crippen LogP) is 6.53. The molecule has 5 heteroatoms. The van der Waals surface area contributed by atoms with Gasteiger partial charge in [-0.1, -0.05) is 99.7 Å². The van der Waals surface area contributed by atoms with E-state index in [1.54, 1.807) is 0 Å². The van der Waals surface area contributed by atoms with Gasteiger partial charge >= 0.3 is 0 Å². The lowest BCUT2D eigenvalue weighted by atomic mass is 9.97. The smallest absolute Gasteiger partial charge is 0.192 e. The van der Waals surface area contributed by atoms with Crippen molar-refractivity contribution in [1.82, 2.24) is 0 Å². The van der Waals surface area contributed by atoms with Crippen molar-refractivity contribution >= 4 is 8.32 Å². The Morgan fingerprint density at radius 2 is 1.50 bits per heavy atom. The summed E-state index contributed by atoms with van der Waals surface area (Å²) in [6.07, 6.45) is 4.31. The van der Waals surface area contributed by atoms with Crippen molar-refractivity contribution in [3.05, 3.63) is 96.6 Å². The van der Waals surface area contributed by atoms with Crippen LogP contribution in [0, 0.1) is 5.92 Å². The Kier molecular flexibility index (Phi) is 11.4. The first-order valence-corrected chi connectivity index (χ1v) is 14.9. The highest BCUT2D eigenvalue weighted by Gasteiger charge is 2.36. The van der Waals surface area contributed by atoms with Crippen LogP contribution in [0.15, 0.2) is 85.5 Å². The molecule has 0 aromatic heterocycles. The van der Waals surface area contributed by atoms with E-state index in [0.717, 1.165) is 11.1 Å². The van der Waals surface area contributed by atoms with Crippen molar-refractivity contribution in [3.8, 4) is 0 Å². The fraction of sp³-hybridized carbons (Fsp3) is 0.448. The van der Waals surface area contributed by atoms with Crippen molar-refractivity contribution < 1.29 is 19.0 Å². The minimum absolute atomic E-state index is 0.152. The summed E-state index contributed by atoms with van der Waals surface area (Å²) in [4.78, 5) is 0. The van der Waals surface area contributed by atoms with E-state index in [4.69, 9.17) is 13.9 Å². The van der Waals surface area contributed by atoms with Crippen molar-refractivity contribution in [2.45, 2.75) is 64.3 Å². The van der Waals surface area contributed by atoms with Crippen molar-refractivity contribution in [2.24, 2.45) is 5.92 Å². The molecule has 2 aromatic carbocycles. The molecule has 34 heavy (non-hydrogen) atoms. The summed E-state index contributed by atoms with van der Waals surface area (Å²) >= 11 is 0. The number of rotatable bonds is 14. The van der Waals surface area contributed by atoms with Crippen LogP contribution in [-0.2, 0) is 27.1 Å². The van der Waals surface area contributed by atoms with Crippen LogP contribution in [-0.4, -0.2) is 38.8 Å². The molecule has 0 fully saturated rings. The third kappa shape index (κ3) is 9.32. The largest absolute Gasteiger partial charge is 0.413 e. The van der Waals surface area contributed by atoms with Gasteiger partial charge in [-0.25, -0.2) is 0 Å². The summed E-state index contributed by atoms with van der Waals surface area (Å²) in [5.41, 5.74) is 2.16. The van der Waals surface area contributed by atoms with Gasteiger partial charge in [-0.3, -0.25) is 0 Å². The van der Waals surface area contributed by atoms with Gasteiger partial charge in [0.05, 0.1) is 38.6 Å². The van der Waals surface area contributed by atoms with Gasteiger partial charge < -0.3 is 19.0 Å². The molecule has 2 rings (SSSR count). The lowest BCUT2D eigenvalue weighted by molar-refractivity contribution is -0.0680. The van der Waals surface area contributed by atoms with Crippen LogP contribution >= 0.6 is 0 Å². The highest BCUT2D eigenvalue weighted by molar-refractivity contribution is 6.74. The molecule has 0 radical (unpaired) electrons. The maximum atomic E-state index is 10.7. The number of hydrogen-bond acceptors (Lipinski definition) is 4. The first-order chi connectivity index (χ1) is 16.1. The molecule has 1 unspecified atom stereocenters. The monoisotopic (exact) mass is 482 g/mol. The molecule has 0 aliphatic carbocycles. The van der Waals surface area contributed by atoms with E-state index >= 15 is 0 Å². The maximum Gasteiger partial charge on any atom is 0.192 e. The lowest BCUT2D eigenvalue weighted by Crippen LogP contribution is -2.40. The van der Waals surface area contributed by atoms with Crippen LogP contribution in [0.3, 0.4) is 0 Å². The molecular weight excluding hydrogens is 440 g/mol. The van der Waals surface area contributed by atoms with Crippen LogP contribution in [0.4, 0.5) is 0 Å².